The molecule has 1 aromatic carbocycles. The molecule has 0 bridgehead atoms. The van der Waals surface area contributed by atoms with Crippen molar-refractivity contribution in [3.8, 4) is 11.5 Å². The third kappa shape index (κ3) is 2.29. The Bertz CT molecular complexity index is 416. The van der Waals surface area contributed by atoms with Crippen molar-refractivity contribution in [1.29, 1.82) is 0 Å². The monoisotopic (exact) mass is 299 g/mol. The first kappa shape index (κ1) is 12.7. The van der Waals surface area contributed by atoms with Gasteiger partial charge in [0.15, 0.2) is 0 Å². The second-order valence-corrected chi connectivity index (χ2v) is 5.28. The highest BCUT2D eigenvalue weighted by atomic mass is 79.9. The van der Waals surface area contributed by atoms with Crippen molar-refractivity contribution >= 4 is 15.9 Å². The summed E-state index contributed by atoms with van der Waals surface area (Å²) in [5, 5.41) is 0. The molecule has 0 aliphatic heterocycles. The molecule has 3 nitrogen and oxygen atoms in total. The summed E-state index contributed by atoms with van der Waals surface area (Å²) in [7, 11) is 1.65. The van der Waals surface area contributed by atoms with E-state index in [-0.39, 0.29) is 5.54 Å². The molecular formula is C13H18BrNO2. The van der Waals surface area contributed by atoms with Crippen LogP contribution >= 0.6 is 15.9 Å². The highest BCUT2D eigenvalue weighted by Crippen LogP contribution is 2.45. The van der Waals surface area contributed by atoms with Crippen molar-refractivity contribution in [3.63, 3.8) is 0 Å². The number of hydrogen-bond acceptors (Lipinski definition) is 3. The minimum atomic E-state index is -0.223. The molecule has 0 spiro atoms. The minimum Gasteiger partial charge on any atom is -0.495 e. The van der Waals surface area contributed by atoms with Crippen molar-refractivity contribution in [3.05, 3.63) is 22.2 Å². The fourth-order valence-corrected chi connectivity index (χ4v) is 2.69. The molecule has 17 heavy (non-hydrogen) atoms. The molecule has 1 aliphatic carbocycles. The Hall–Kier alpha value is -0.740. The van der Waals surface area contributed by atoms with Crippen LogP contribution in [0.3, 0.4) is 0 Å². The number of halogens is 1. The lowest BCUT2D eigenvalue weighted by Crippen LogP contribution is -2.43. The summed E-state index contributed by atoms with van der Waals surface area (Å²) in [6, 6.07) is 3.94. The van der Waals surface area contributed by atoms with Crippen molar-refractivity contribution in [1.82, 2.24) is 0 Å². The number of benzene rings is 1. The summed E-state index contributed by atoms with van der Waals surface area (Å²) in [5.41, 5.74) is 7.23. The van der Waals surface area contributed by atoms with E-state index in [9.17, 15) is 0 Å². The van der Waals surface area contributed by atoms with Gasteiger partial charge >= 0.3 is 0 Å². The van der Waals surface area contributed by atoms with Crippen molar-refractivity contribution in [2.75, 3.05) is 13.7 Å². The van der Waals surface area contributed by atoms with E-state index in [1.54, 1.807) is 7.11 Å². The van der Waals surface area contributed by atoms with Gasteiger partial charge in [-0.1, -0.05) is 0 Å². The maximum atomic E-state index is 6.37. The topological polar surface area (TPSA) is 44.5 Å². The van der Waals surface area contributed by atoms with E-state index >= 15 is 0 Å². The van der Waals surface area contributed by atoms with Gasteiger partial charge < -0.3 is 15.2 Å². The average molecular weight is 300 g/mol. The van der Waals surface area contributed by atoms with Gasteiger partial charge in [-0.15, -0.1) is 0 Å². The van der Waals surface area contributed by atoms with Crippen LogP contribution in [-0.4, -0.2) is 13.7 Å². The normalized spacial score (nSPS) is 17.4. The van der Waals surface area contributed by atoms with E-state index in [2.05, 4.69) is 15.9 Å². The molecular weight excluding hydrogens is 282 g/mol. The van der Waals surface area contributed by atoms with Crippen LogP contribution in [0.4, 0.5) is 0 Å². The molecule has 1 aromatic rings. The lowest BCUT2D eigenvalue weighted by atomic mass is 9.72. The molecule has 1 saturated carbocycles. The molecule has 0 amide bonds. The third-order valence-electron chi connectivity index (χ3n) is 3.34. The van der Waals surface area contributed by atoms with Gasteiger partial charge in [-0.05, 0) is 48.2 Å². The predicted octanol–water partition coefficient (Wildman–Crippen LogP) is 3.19. The van der Waals surface area contributed by atoms with Crippen LogP contribution in [0.5, 0.6) is 11.5 Å². The van der Waals surface area contributed by atoms with Crippen LogP contribution in [-0.2, 0) is 5.54 Å². The lowest BCUT2D eigenvalue weighted by Gasteiger charge is -2.39. The van der Waals surface area contributed by atoms with Gasteiger partial charge in [-0.25, -0.2) is 0 Å². The van der Waals surface area contributed by atoms with E-state index < -0.39 is 0 Å². The van der Waals surface area contributed by atoms with Crippen molar-refractivity contribution in [2.24, 2.45) is 5.73 Å². The predicted molar refractivity (Wildman–Crippen MR) is 71.6 cm³/mol. The zero-order valence-electron chi connectivity index (χ0n) is 10.3. The molecule has 0 unspecified atom stereocenters. The Morgan fingerprint density at radius 2 is 2.06 bits per heavy atom. The second kappa shape index (κ2) is 4.86. The zero-order chi connectivity index (χ0) is 12.5. The van der Waals surface area contributed by atoms with Crippen molar-refractivity contribution < 1.29 is 9.47 Å². The van der Waals surface area contributed by atoms with Gasteiger partial charge in [0.2, 0.25) is 0 Å². The van der Waals surface area contributed by atoms with Crippen LogP contribution in [0.2, 0.25) is 0 Å². The molecule has 0 aromatic heterocycles. The SMILES string of the molecule is CCOc1cc(OC)c(Br)cc1C1(N)CCC1. The highest BCUT2D eigenvalue weighted by Gasteiger charge is 2.37. The summed E-state index contributed by atoms with van der Waals surface area (Å²) in [4.78, 5) is 0. The molecule has 2 rings (SSSR count). The Balaban J connectivity index is 2.45. The van der Waals surface area contributed by atoms with Gasteiger partial charge in [-0.2, -0.15) is 0 Å². The fraction of sp³-hybridized carbons (Fsp3) is 0.538. The second-order valence-electron chi connectivity index (χ2n) is 4.43. The first-order valence-corrected chi connectivity index (χ1v) is 6.69. The first-order valence-electron chi connectivity index (χ1n) is 5.90. The van der Waals surface area contributed by atoms with Gasteiger partial charge in [0, 0.05) is 17.2 Å². The van der Waals surface area contributed by atoms with Crippen LogP contribution in [0.15, 0.2) is 16.6 Å². The quantitative estimate of drug-likeness (QED) is 0.928. The van der Waals surface area contributed by atoms with Crippen LogP contribution in [0, 0.1) is 0 Å². The molecule has 2 N–H and O–H groups in total. The fourth-order valence-electron chi connectivity index (χ4n) is 2.18. The van der Waals surface area contributed by atoms with Crippen LogP contribution in [0.1, 0.15) is 31.7 Å². The van der Waals surface area contributed by atoms with Gasteiger partial charge in [0.05, 0.1) is 18.2 Å². The molecule has 0 saturated heterocycles. The third-order valence-corrected chi connectivity index (χ3v) is 3.96. The smallest absolute Gasteiger partial charge is 0.136 e. The molecule has 1 aliphatic rings. The Morgan fingerprint density at radius 3 is 2.53 bits per heavy atom. The molecule has 1 fully saturated rings. The Labute approximate surface area is 110 Å². The van der Waals surface area contributed by atoms with E-state index in [0.717, 1.165) is 34.4 Å². The van der Waals surface area contributed by atoms with Gasteiger partial charge in [0.25, 0.3) is 0 Å². The number of rotatable bonds is 4. The zero-order valence-corrected chi connectivity index (χ0v) is 11.8. The lowest BCUT2D eigenvalue weighted by molar-refractivity contribution is 0.237. The Kier molecular flexibility index (Phi) is 3.64. The molecule has 0 radical (unpaired) electrons. The minimum absolute atomic E-state index is 0.223. The summed E-state index contributed by atoms with van der Waals surface area (Å²) in [6.45, 7) is 2.61. The molecule has 94 valence electrons. The maximum absolute atomic E-state index is 6.37. The summed E-state index contributed by atoms with van der Waals surface area (Å²) >= 11 is 3.50. The summed E-state index contributed by atoms with van der Waals surface area (Å²) in [6.07, 6.45) is 3.23. The number of hydrogen-bond donors (Lipinski definition) is 1. The number of nitrogens with two attached hydrogens (primary N) is 1. The molecule has 4 heteroatoms. The van der Waals surface area contributed by atoms with Crippen molar-refractivity contribution in [2.45, 2.75) is 31.7 Å². The molecule has 0 atom stereocenters. The largest absolute Gasteiger partial charge is 0.495 e. The number of methoxy groups -OCH3 is 1. The summed E-state index contributed by atoms with van der Waals surface area (Å²) in [5.74, 6) is 1.62. The average Bonchev–Trinajstić information content (AvgIpc) is 2.28. The number of ether oxygens (including phenoxy) is 2. The first-order chi connectivity index (χ1) is 8.10. The van der Waals surface area contributed by atoms with Crippen LogP contribution in [0.25, 0.3) is 0 Å². The molecule has 0 heterocycles. The maximum Gasteiger partial charge on any atom is 0.136 e. The summed E-state index contributed by atoms with van der Waals surface area (Å²) < 4.78 is 11.9. The van der Waals surface area contributed by atoms with E-state index in [1.165, 1.54) is 6.42 Å². The van der Waals surface area contributed by atoms with E-state index in [4.69, 9.17) is 15.2 Å². The standard InChI is InChI=1S/C13H18BrNO2/c1-3-17-11-8-12(16-2)10(14)7-9(11)13(15)5-4-6-13/h7-8H,3-6,15H2,1-2H3. The Morgan fingerprint density at radius 1 is 1.35 bits per heavy atom. The highest BCUT2D eigenvalue weighted by molar-refractivity contribution is 9.10. The van der Waals surface area contributed by atoms with E-state index in [1.807, 2.05) is 19.1 Å². The van der Waals surface area contributed by atoms with Gasteiger partial charge in [0.1, 0.15) is 11.5 Å². The van der Waals surface area contributed by atoms with Gasteiger partial charge in [-0.3, -0.25) is 0 Å². The van der Waals surface area contributed by atoms with E-state index in [0.29, 0.717) is 6.61 Å². The van der Waals surface area contributed by atoms with Crippen LogP contribution < -0.4 is 15.2 Å².